The molecule has 1 aliphatic rings. The first-order valence-electron chi connectivity index (χ1n) is 6.60. The molecular weight excluding hydrogens is 238 g/mol. The molecule has 1 heterocycles. The molecular formula is C15H21N3O. The van der Waals surface area contributed by atoms with Gasteiger partial charge in [0.1, 0.15) is 11.6 Å². The standard InChI is InChI=1S/C15H21N3O/c1-3-8-17(9-4-2)13-14(12-16)15(19)18-10-6-5-7-11-18/h3-4,13H,1-2,5-11H2/b14-13-. The van der Waals surface area contributed by atoms with Crippen LogP contribution in [0.4, 0.5) is 0 Å². The van der Waals surface area contributed by atoms with Crippen LogP contribution < -0.4 is 0 Å². The van der Waals surface area contributed by atoms with Crippen molar-refractivity contribution >= 4 is 5.91 Å². The van der Waals surface area contributed by atoms with Crippen LogP contribution in [-0.4, -0.2) is 41.9 Å². The Hall–Kier alpha value is -2.02. The van der Waals surface area contributed by atoms with Crippen LogP contribution in [0.3, 0.4) is 0 Å². The molecule has 1 amide bonds. The molecule has 0 aromatic carbocycles. The summed E-state index contributed by atoms with van der Waals surface area (Å²) < 4.78 is 0. The van der Waals surface area contributed by atoms with E-state index in [1.807, 2.05) is 11.0 Å². The summed E-state index contributed by atoms with van der Waals surface area (Å²) in [6.07, 6.45) is 8.29. The van der Waals surface area contributed by atoms with Crippen LogP contribution in [0.2, 0.25) is 0 Å². The maximum absolute atomic E-state index is 12.2. The van der Waals surface area contributed by atoms with E-state index in [0.29, 0.717) is 13.1 Å². The molecule has 4 nitrogen and oxygen atoms in total. The number of amides is 1. The third-order valence-corrected chi connectivity index (χ3v) is 3.03. The van der Waals surface area contributed by atoms with E-state index in [4.69, 9.17) is 5.26 Å². The third kappa shape index (κ3) is 4.63. The molecule has 4 heteroatoms. The van der Waals surface area contributed by atoms with Crippen molar-refractivity contribution in [1.82, 2.24) is 9.80 Å². The quantitative estimate of drug-likeness (QED) is 0.417. The van der Waals surface area contributed by atoms with Crippen molar-refractivity contribution in [2.75, 3.05) is 26.2 Å². The van der Waals surface area contributed by atoms with Gasteiger partial charge in [0.05, 0.1) is 0 Å². The van der Waals surface area contributed by atoms with Crippen LogP contribution in [-0.2, 0) is 4.79 Å². The van der Waals surface area contributed by atoms with E-state index in [-0.39, 0.29) is 11.5 Å². The van der Waals surface area contributed by atoms with Crippen LogP contribution in [0.25, 0.3) is 0 Å². The number of piperidine rings is 1. The van der Waals surface area contributed by atoms with Gasteiger partial charge in [0.25, 0.3) is 5.91 Å². The van der Waals surface area contributed by atoms with Crippen molar-refractivity contribution in [1.29, 1.82) is 5.26 Å². The Morgan fingerprint density at radius 1 is 1.21 bits per heavy atom. The van der Waals surface area contributed by atoms with E-state index in [0.717, 1.165) is 32.4 Å². The van der Waals surface area contributed by atoms with Crippen molar-refractivity contribution < 1.29 is 4.79 Å². The molecule has 1 fully saturated rings. The first-order valence-corrected chi connectivity index (χ1v) is 6.60. The Morgan fingerprint density at radius 2 is 1.79 bits per heavy atom. The molecule has 0 N–H and O–H groups in total. The van der Waals surface area contributed by atoms with Crippen LogP contribution in [0.1, 0.15) is 19.3 Å². The molecule has 1 saturated heterocycles. The highest BCUT2D eigenvalue weighted by atomic mass is 16.2. The number of rotatable bonds is 6. The number of nitriles is 1. The minimum Gasteiger partial charge on any atom is -0.369 e. The summed E-state index contributed by atoms with van der Waals surface area (Å²) in [5, 5.41) is 9.17. The maximum Gasteiger partial charge on any atom is 0.266 e. The van der Waals surface area contributed by atoms with Crippen LogP contribution in [0.15, 0.2) is 37.1 Å². The van der Waals surface area contributed by atoms with Gasteiger partial charge in [-0.2, -0.15) is 5.26 Å². The molecule has 0 spiro atoms. The summed E-state index contributed by atoms with van der Waals surface area (Å²) in [5.41, 5.74) is 0.186. The highest BCUT2D eigenvalue weighted by molar-refractivity contribution is 5.97. The van der Waals surface area contributed by atoms with E-state index >= 15 is 0 Å². The third-order valence-electron chi connectivity index (χ3n) is 3.03. The molecule has 0 bridgehead atoms. The molecule has 0 unspecified atom stereocenters. The van der Waals surface area contributed by atoms with Crippen LogP contribution in [0.5, 0.6) is 0 Å². The van der Waals surface area contributed by atoms with Crippen LogP contribution in [0, 0.1) is 11.3 Å². The lowest BCUT2D eigenvalue weighted by Crippen LogP contribution is -2.37. The van der Waals surface area contributed by atoms with Gasteiger partial charge in [0, 0.05) is 32.4 Å². The second-order valence-corrected chi connectivity index (χ2v) is 4.54. The molecule has 1 aliphatic heterocycles. The average molecular weight is 259 g/mol. The zero-order chi connectivity index (χ0) is 14.1. The van der Waals surface area contributed by atoms with Crippen molar-refractivity contribution in [3.63, 3.8) is 0 Å². The summed E-state index contributed by atoms with van der Waals surface area (Å²) in [5.74, 6) is -0.166. The lowest BCUT2D eigenvalue weighted by Gasteiger charge is -2.27. The summed E-state index contributed by atoms with van der Waals surface area (Å²) in [6.45, 7) is 10.0. The second-order valence-electron chi connectivity index (χ2n) is 4.54. The molecule has 1 rings (SSSR count). The Morgan fingerprint density at radius 3 is 2.26 bits per heavy atom. The predicted molar refractivity (Wildman–Crippen MR) is 76.1 cm³/mol. The molecule has 102 valence electrons. The number of hydrogen-bond donors (Lipinski definition) is 0. The van der Waals surface area contributed by atoms with Crippen molar-refractivity contribution in [3.8, 4) is 6.07 Å². The van der Waals surface area contributed by atoms with Gasteiger partial charge in [-0.15, -0.1) is 13.2 Å². The molecule has 0 radical (unpaired) electrons. The predicted octanol–water partition coefficient (Wildman–Crippen LogP) is 2.08. The second kappa shape index (κ2) is 8.15. The Labute approximate surface area is 115 Å². The van der Waals surface area contributed by atoms with Crippen molar-refractivity contribution in [2.24, 2.45) is 0 Å². The zero-order valence-corrected chi connectivity index (χ0v) is 11.3. The Bertz CT molecular complexity index is 390. The van der Waals surface area contributed by atoms with Gasteiger partial charge in [-0.05, 0) is 19.3 Å². The van der Waals surface area contributed by atoms with E-state index in [9.17, 15) is 4.79 Å². The topological polar surface area (TPSA) is 47.3 Å². The largest absolute Gasteiger partial charge is 0.369 e. The minimum atomic E-state index is -0.166. The van der Waals surface area contributed by atoms with Gasteiger partial charge < -0.3 is 9.80 Å². The highest BCUT2D eigenvalue weighted by Gasteiger charge is 2.20. The fourth-order valence-electron chi connectivity index (χ4n) is 2.09. The molecule has 0 aliphatic carbocycles. The monoisotopic (exact) mass is 259 g/mol. The summed E-state index contributed by atoms with van der Waals surface area (Å²) in [4.78, 5) is 15.8. The molecule has 19 heavy (non-hydrogen) atoms. The van der Waals surface area contributed by atoms with E-state index in [2.05, 4.69) is 13.2 Å². The van der Waals surface area contributed by atoms with Gasteiger partial charge in [-0.3, -0.25) is 4.79 Å². The number of carbonyl (C=O) groups excluding carboxylic acids is 1. The average Bonchev–Trinajstić information content (AvgIpc) is 2.45. The van der Waals surface area contributed by atoms with Crippen LogP contribution >= 0.6 is 0 Å². The number of likely N-dealkylation sites (tertiary alicyclic amines) is 1. The van der Waals surface area contributed by atoms with Gasteiger partial charge in [-0.1, -0.05) is 12.2 Å². The van der Waals surface area contributed by atoms with Crippen molar-refractivity contribution in [2.45, 2.75) is 19.3 Å². The summed E-state index contributed by atoms with van der Waals surface area (Å²) >= 11 is 0. The number of hydrogen-bond acceptors (Lipinski definition) is 3. The highest BCUT2D eigenvalue weighted by Crippen LogP contribution is 2.12. The van der Waals surface area contributed by atoms with Crippen molar-refractivity contribution in [3.05, 3.63) is 37.1 Å². The number of nitrogens with zero attached hydrogens (tertiary/aromatic N) is 3. The summed E-state index contributed by atoms with van der Waals surface area (Å²) in [7, 11) is 0. The zero-order valence-electron chi connectivity index (χ0n) is 11.3. The molecule has 0 aromatic heterocycles. The van der Waals surface area contributed by atoms with E-state index in [1.165, 1.54) is 0 Å². The maximum atomic E-state index is 12.2. The van der Waals surface area contributed by atoms with E-state index < -0.39 is 0 Å². The smallest absolute Gasteiger partial charge is 0.266 e. The fraction of sp³-hybridized carbons (Fsp3) is 0.467. The first-order chi connectivity index (χ1) is 9.22. The molecule has 0 aromatic rings. The molecule has 0 saturated carbocycles. The lowest BCUT2D eigenvalue weighted by atomic mass is 10.1. The van der Waals surface area contributed by atoms with Gasteiger partial charge in [0.2, 0.25) is 0 Å². The summed E-state index contributed by atoms with van der Waals surface area (Å²) in [6, 6.07) is 2.01. The lowest BCUT2D eigenvalue weighted by molar-refractivity contribution is -0.127. The first kappa shape index (κ1) is 15.0. The SMILES string of the molecule is C=CCN(/C=C(/C#N)C(=O)N1CCCCC1)CC=C. The van der Waals surface area contributed by atoms with E-state index in [1.54, 1.807) is 23.3 Å². The minimum absolute atomic E-state index is 0.166. The number of carbonyl (C=O) groups is 1. The molecule has 0 atom stereocenters. The van der Waals surface area contributed by atoms with Gasteiger partial charge >= 0.3 is 0 Å². The fourth-order valence-corrected chi connectivity index (χ4v) is 2.09. The Kier molecular flexibility index (Phi) is 6.45. The normalized spacial score (nSPS) is 15.5. The van der Waals surface area contributed by atoms with Gasteiger partial charge in [0.15, 0.2) is 0 Å². The van der Waals surface area contributed by atoms with Gasteiger partial charge in [-0.25, -0.2) is 0 Å². The Balaban J connectivity index is 2.78.